The van der Waals surface area contributed by atoms with Crippen molar-refractivity contribution >= 4 is 5.96 Å². The van der Waals surface area contributed by atoms with Gasteiger partial charge in [0, 0.05) is 32.7 Å². The lowest BCUT2D eigenvalue weighted by Crippen LogP contribution is -2.45. The van der Waals surface area contributed by atoms with Gasteiger partial charge in [-0.2, -0.15) is 0 Å². The number of nitrogens with zero attached hydrogens (tertiary/aromatic N) is 3. The van der Waals surface area contributed by atoms with Gasteiger partial charge in [-0.15, -0.1) is 0 Å². The van der Waals surface area contributed by atoms with Crippen molar-refractivity contribution in [2.45, 2.75) is 38.8 Å². The number of benzene rings is 1. The molecule has 27 heavy (non-hydrogen) atoms. The summed E-state index contributed by atoms with van der Waals surface area (Å²) in [4.78, 5) is 9.27. The molecular formula is C21H37N5O. The Bertz CT molecular complexity index is 566. The van der Waals surface area contributed by atoms with Crippen LogP contribution in [0.3, 0.4) is 0 Å². The van der Waals surface area contributed by atoms with Crippen molar-refractivity contribution in [2.24, 2.45) is 4.99 Å². The maximum atomic E-state index is 5.31. The van der Waals surface area contributed by atoms with E-state index in [2.05, 4.69) is 58.5 Å². The van der Waals surface area contributed by atoms with Gasteiger partial charge in [0.05, 0.1) is 13.2 Å². The average molecular weight is 376 g/mol. The van der Waals surface area contributed by atoms with E-state index in [1.165, 1.54) is 18.4 Å². The summed E-state index contributed by atoms with van der Waals surface area (Å²) in [6.07, 6.45) is 2.56. The molecule has 2 rings (SSSR count). The van der Waals surface area contributed by atoms with Gasteiger partial charge in [-0.05, 0) is 64.5 Å². The van der Waals surface area contributed by atoms with Crippen molar-refractivity contribution < 1.29 is 4.74 Å². The first-order chi connectivity index (χ1) is 13.0. The standard InChI is InChI=1S/C21H37N5O/c1-17(2)25(4)15-12-23-21(22-3)24-16-20(26-13-6-7-14-26)18-8-10-19(27-5)11-9-18/h8-11,17,20H,6-7,12-16H2,1-5H3,(H2,22,23,24). The second-order valence-electron chi connectivity index (χ2n) is 7.49. The molecule has 1 atom stereocenters. The Labute approximate surface area is 165 Å². The summed E-state index contributed by atoms with van der Waals surface area (Å²) in [5, 5.41) is 6.95. The zero-order valence-corrected chi connectivity index (χ0v) is 17.7. The Morgan fingerprint density at radius 1 is 1.19 bits per heavy atom. The minimum Gasteiger partial charge on any atom is -0.497 e. The summed E-state index contributed by atoms with van der Waals surface area (Å²) in [6, 6.07) is 9.35. The molecule has 1 aliphatic rings. The molecular weight excluding hydrogens is 338 g/mol. The van der Waals surface area contributed by atoms with Gasteiger partial charge in [-0.1, -0.05) is 12.1 Å². The van der Waals surface area contributed by atoms with Crippen LogP contribution in [-0.2, 0) is 0 Å². The van der Waals surface area contributed by atoms with Gasteiger partial charge in [0.15, 0.2) is 5.96 Å². The van der Waals surface area contributed by atoms with E-state index < -0.39 is 0 Å². The molecule has 1 aromatic carbocycles. The second kappa shape index (κ2) is 11.1. The molecule has 1 unspecified atom stereocenters. The lowest BCUT2D eigenvalue weighted by molar-refractivity contribution is 0.245. The van der Waals surface area contributed by atoms with E-state index in [1.807, 2.05) is 19.2 Å². The molecule has 152 valence electrons. The van der Waals surface area contributed by atoms with Crippen LogP contribution in [0.2, 0.25) is 0 Å². The number of likely N-dealkylation sites (tertiary alicyclic amines) is 1. The SMILES string of the molecule is CN=C(NCCN(C)C(C)C)NCC(c1ccc(OC)cc1)N1CCCC1. The molecule has 0 spiro atoms. The molecule has 1 saturated heterocycles. The minimum absolute atomic E-state index is 0.343. The summed E-state index contributed by atoms with van der Waals surface area (Å²) in [5.74, 6) is 1.77. The number of ether oxygens (including phenoxy) is 1. The molecule has 1 aromatic rings. The van der Waals surface area contributed by atoms with Crippen molar-refractivity contribution in [3.63, 3.8) is 0 Å². The molecule has 0 amide bonds. The highest BCUT2D eigenvalue weighted by molar-refractivity contribution is 5.79. The molecule has 6 heteroatoms. The highest BCUT2D eigenvalue weighted by Gasteiger charge is 2.23. The van der Waals surface area contributed by atoms with E-state index in [9.17, 15) is 0 Å². The van der Waals surface area contributed by atoms with Crippen molar-refractivity contribution in [2.75, 3.05) is 53.9 Å². The quantitative estimate of drug-likeness (QED) is 0.513. The highest BCUT2D eigenvalue weighted by atomic mass is 16.5. The number of methoxy groups -OCH3 is 1. The Morgan fingerprint density at radius 3 is 2.41 bits per heavy atom. The molecule has 0 aliphatic carbocycles. The molecule has 1 heterocycles. The summed E-state index contributed by atoms with van der Waals surface area (Å²) in [7, 11) is 5.69. The number of nitrogens with one attached hydrogen (secondary N) is 2. The van der Waals surface area contributed by atoms with Gasteiger partial charge in [-0.3, -0.25) is 9.89 Å². The first-order valence-electron chi connectivity index (χ1n) is 10.1. The number of aliphatic imine (C=N–C) groups is 1. The monoisotopic (exact) mass is 375 g/mol. The van der Waals surface area contributed by atoms with Crippen LogP contribution in [0.25, 0.3) is 0 Å². The Morgan fingerprint density at radius 2 is 1.85 bits per heavy atom. The zero-order valence-electron chi connectivity index (χ0n) is 17.7. The fourth-order valence-electron chi connectivity index (χ4n) is 3.36. The molecule has 0 aromatic heterocycles. The van der Waals surface area contributed by atoms with Crippen molar-refractivity contribution in [1.82, 2.24) is 20.4 Å². The lowest BCUT2D eigenvalue weighted by atomic mass is 10.1. The van der Waals surface area contributed by atoms with Crippen LogP contribution in [0.1, 0.15) is 38.3 Å². The van der Waals surface area contributed by atoms with E-state index in [4.69, 9.17) is 4.74 Å². The van der Waals surface area contributed by atoms with Crippen LogP contribution in [0, 0.1) is 0 Å². The van der Waals surface area contributed by atoms with Crippen LogP contribution in [0.15, 0.2) is 29.3 Å². The van der Waals surface area contributed by atoms with Crippen molar-refractivity contribution in [3.8, 4) is 5.75 Å². The Balaban J connectivity index is 1.93. The highest BCUT2D eigenvalue weighted by Crippen LogP contribution is 2.26. The van der Waals surface area contributed by atoms with Gasteiger partial charge >= 0.3 is 0 Å². The molecule has 0 bridgehead atoms. The first-order valence-corrected chi connectivity index (χ1v) is 10.1. The number of guanidine groups is 1. The Hall–Kier alpha value is -1.79. The summed E-state index contributed by atoms with van der Waals surface area (Å²) in [5.41, 5.74) is 1.32. The van der Waals surface area contributed by atoms with Crippen molar-refractivity contribution in [1.29, 1.82) is 0 Å². The molecule has 0 radical (unpaired) electrons. The number of rotatable bonds is 9. The van der Waals surface area contributed by atoms with E-state index in [0.717, 1.165) is 44.4 Å². The van der Waals surface area contributed by atoms with Gasteiger partial charge in [-0.25, -0.2) is 0 Å². The van der Waals surface area contributed by atoms with E-state index in [1.54, 1.807) is 7.11 Å². The number of likely N-dealkylation sites (N-methyl/N-ethyl adjacent to an activating group) is 1. The van der Waals surface area contributed by atoms with E-state index >= 15 is 0 Å². The molecule has 6 nitrogen and oxygen atoms in total. The zero-order chi connectivity index (χ0) is 19.6. The summed E-state index contributed by atoms with van der Waals surface area (Å²) < 4.78 is 5.31. The van der Waals surface area contributed by atoms with Crippen LogP contribution in [0.4, 0.5) is 0 Å². The lowest BCUT2D eigenvalue weighted by Gasteiger charge is -2.29. The van der Waals surface area contributed by atoms with Crippen LogP contribution in [0.5, 0.6) is 5.75 Å². The number of hydrogen-bond acceptors (Lipinski definition) is 4. The van der Waals surface area contributed by atoms with Crippen molar-refractivity contribution in [3.05, 3.63) is 29.8 Å². The van der Waals surface area contributed by atoms with Crippen LogP contribution in [-0.4, -0.2) is 75.7 Å². The number of hydrogen-bond donors (Lipinski definition) is 2. The smallest absolute Gasteiger partial charge is 0.191 e. The average Bonchev–Trinajstić information content (AvgIpc) is 3.21. The third kappa shape index (κ3) is 6.70. The fourth-order valence-corrected chi connectivity index (χ4v) is 3.36. The maximum Gasteiger partial charge on any atom is 0.191 e. The first kappa shape index (κ1) is 21.5. The summed E-state index contributed by atoms with van der Waals surface area (Å²) >= 11 is 0. The van der Waals surface area contributed by atoms with Crippen LogP contribution >= 0.6 is 0 Å². The maximum absolute atomic E-state index is 5.31. The third-order valence-electron chi connectivity index (χ3n) is 5.41. The van der Waals surface area contributed by atoms with Gasteiger partial charge in [0.1, 0.15) is 5.75 Å². The third-order valence-corrected chi connectivity index (χ3v) is 5.41. The molecule has 1 fully saturated rings. The van der Waals surface area contributed by atoms with Gasteiger partial charge < -0.3 is 20.3 Å². The molecule has 0 saturated carbocycles. The van der Waals surface area contributed by atoms with E-state index in [0.29, 0.717) is 12.1 Å². The minimum atomic E-state index is 0.343. The molecule has 2 N–H and O–H groups in total. The van der Waals surface area contributed by atoms with Crippen LogP contribution < -0.4 is 15.4 Å². The topological polar surface area (TPSA) is 52.1 Å². The summed E-state index contributed by atoms with van der Waals surface area (Å²) in [6.45, 7) is 9.45. The Kier molecular flexibility index (Phi) is 8.88. The van der Waals surface area contributed by atoms with E-state index in [-0.39, 0.29) is 0 Å². The molecule has 1 aliphatic heterocycles. The van der Waals surface area contributed by atoms with Gasteiger partial charge in [0.2, 0.25) is 0 Å². The largest absolute Gasteiger partial charge is 0.497 e. The normalized spacial score (nSPS) is 16.8. The predicted molar refractivity (Wildman–Crippen MR) is 114 cm³/mol. The second-order valence-corrected chi connectivity index (χ2v) is 7.49. The predicted octanol–water partition coefficient (Wildman–Crippen LogP) is 2.34. The van der Waals surface area contributed by atoms with Gasteiger partial charge in [0.25, 0.3) is 0 Å². The fraction of sp³-hybridized carbons (Fsp3) is 0.667.